The summed E-state index contributed by atoms with van der Waals surface area (Å²) in [6.07, 6.45) is 2.28. The molecule has 2 aromatic rings. The molecule has 2 N–H and O–H groups in total. The molecule has 0 unspecified atom stereocenters. The van der Waals surface area contributed by atoms with E-state index in [0.29, 0.717) is 34.0 Å². The highest BCUT2D eigenvalue weighted by Crippen LogP contribution is 2.37. The number of esters is 1. The van der Waals surface area contributed by atoms with Gasteiger partial charge in [0, 0.05) is 18.0 Å². The normalized spacial score (nSPS) is 17.4. The number of piperidine rings is 1. The lowest BCUT2D eigenvalue weighted by atomic mass is 10.0. The van der Waals surface area contributed by atoms with Crippen LogP contribution in [-0.4, -0.2) is 62.7 Å². The number of benzene rings is 1. The lowest BCUT2D eigenvalue weighted by Gasteiger charge is -2.30. The Bertz CT molecular complexity index is 876. The molecule has 0 aliphatic carbocycles. The number of fused-ring (bicyclic) bond motifs is 1. The van der Waals surface area contributed by atoms with Crippen molar-refractivity contribution in [3.63, 3.8) is 0 Å². The molecule has 0 radical (unpaired) electrons. The summed E-state index contributed by atoms with van der Waals surface area (Å²) in [6.45, 7) is 4.28. The van der Waals surface area contributed by atoms with Gasteiger partial charge in [0.2, 0.25) is 5.91 Å². The minimum absolute atomic E-state index is 0.171. The Balaban J connectivity index is 1.92. The summed E-state index contributed by atoms with van der Waals surface area (Å²) >= 11 is 0. The molecule has 28 heavy (non-hydrogen) atoms. The van der Waals surface area contributed by atoms with Gasteiger partial charge in [0.15, 0.2) is 11.5 Å². The molecule has 0 saturated carbocycles. The van der Waals surface area contributed by atoms with E-state index in [2.05, 4.69) is 22.1 Å². The zero-order valence-electron chi connectivity index (χ0n) is 16.8. The number of H-pyrrole nitrogens is 1. The quantitative estimate of drug-likeness (QED) is 0.738. The van der Waals surface area contributed by atoms with Gasteiger partial charge >= 0.3 is 5.97 Å². The fraction of sp³-hybridized carbons (Fsp3) is 0.500. The number of hydrogen-bond donors (Lipinski definition) is 2. The summed E-state index contributed by atoms with van der Waals surface area (Å²) in [6, 6.07) is 3.46. The van der Waals surface area contributed by atoms with Crippen LogP contribution in [0.1, 0.15) is 30.3 Å². The molecule has 152 valence electrons. The average molecular weight is 389 g/mol. The molecule has 8 nitrogen and oxygen atoms in total. The Hall–Kier alpha value is -2.74. The third kappa shape index (κ3) is 4.06. The van der Waals surface area contributed by atoms with Crippen LogP contribution < -0.4 is 14.8 Å². The maximum absolute atomic E-state index is 12.7. The van der Waals surface area contributed by atoms with Crippen LogP contribution in [0.15, 0.2) is 12.1 Å². The van der Waals surface area contributed by atoms with Gasteiger partial charge in [0.05, 0.1) is 39.1 Å². The van der Waals surface area contributed by atoms with Crippen LogP contribution in [0.25, 0.3) is 10.9 Å². The van der Waals surface area contributed by atoms with Crippen molar-refractivity contribution in [2.75, 3.05) is 46.3 Å². The number of amides is 1. The number of aromatic nitrogens is 1. The first-order valence-electron chi connectivity index (χ1n) is 9.35. The molecule has 1 aliphatic rings. The summed E-state index contributed by atoms with van der Waals surface area (Å²) in [4.78, 5) is 30.1. The first kappa shape index (κ1) is 20.0. The van der Waals surface area contributed by atoms with Crippen molar-refractivity contribution in [1.29, 1.82) is 0 Å². The second-order valence-electron chi connectivity index (χ2n) is 7.15. The molecular weight excluding hydrogens is 362 g/mol. The minimum Gasteiger partial charge on any atom is -0.493 e. The third-order valence-corrected chi connectivity index (χ3v) is 5.07. The number of carbonyl (C=O) groups excluding carboxylic acids is 2. The molecule has 0 spiro atoms. The van der Waals surface area contributed by atoms with Crippen LogP contribution in [0.4, 0.5) is 5.69 Å². The van der Waals surface area contributed by atoms with E-state index in [1.807, 2.05) is 0 Å². The molecule has 1 atom stereocenters. The van der Waals surface area contributed by atoms with Gasteiger partial charge in [-0.05, 0) is 31.4 Å². The lowest BCUT2D eigenvalue weighted by Crippen LogP contribution is -2.39. The first-order chi connectivity index (χ1) is 13.5. The maximum Gasteiger partial charge on any atom is 0.356 e. The number of carbonyl (C=O) groups is 2. The van der Waals surface area contributed by atoms with E-state index >= 15 is 0 Å². The van der Waals surface area contributed by atoms with Gasteiger partial charge in [-0.3, -0.25) is 9.69 Å². The summed E-state index contributed by atoms with van der Waals surface area (Å²) in [5.74, 6) is 0.876. The number of ether oxygens (including phenoxy) is 3. The van der Waals surface area contributed by atoms with Crippen LogP contribution in [-0.2, 0) is 9.53 Å². The van der Waals surface area contributed by atoms with Gasteiger partial charge in [0.25, 0.3) is 0 Å². The van der Waals surface area contributed by atoms with Gasteiger partial charge in [-0.2, -0.15) is 0 Å². The van der Waals surface area contributed by atoms with E-state index in [-0.39, 0.29) is 18.1 Å². The zero-order valence-corrected chi connectivity index (χ0v) is 16.8. The Morgan fingerprint density at radius 3 is 2.57 bits per heavy atom. The standard InChI is InChI=1S/C20H27N3O5/c1-12-6-5-7-23(10-12)11-17(24)22-18-13-8-15(26-2)16(27-3)9-14(13)21-19(18)20(25)28-4/h8-9,12,21H,5-7,10-11H2,1-4H3,(H,22,24)/t12-/m0/s1. The minimum atomic E-state index is -0.559. The number of anilines is 1. The molecule has 1 saturated heterocycles. The molecule has 1 aromatic heterocycles. The van der Waals surface area contributed by atoms with E-state index in [9.17, 15) is 9.59 Å². The van der Waals surface area contributed by atoms with Crippen LogP contribution in [0.2, 0.25) is 0 Å². The van der Waals surface area contributed by atoms with Crippen molar-refractivity contribution in [2.45, 2.75) is 19.8 Å². The average Bonchev–Trinajstić information content (AvgIpc) is 3.03. The van der Waals surface area contributed by atoms with Crippen molar-refractivity contribution < 1.29 is 23.8 Å². The fourth-order valence-corrected chi connectivity index (χ4v) is 3.72. The summed E-state index contributed by atoms with van der Waals surface area (Å²) < 4.78 is 15.5. The van der Waals surface area contributed by atoms with E-state index in [0.717, 1.165) is 19.5 Å². The number of aromatic amines is 1. The van der Waals surface area contributed by atoms with Gasteiger partial charge in [-0.1, -0.05) is 6.92 Å². The number of nitrogens with zero attached hydrogens (tertiary/aromatic N) is 1. The van der Waals surface area contributed by atoms with E-state index in [1.54, 1.807) is 12.1 Å². The first-order valence-corrected chi connectivity index (χ1v) is 9.35. The van der Waals surface area contributed by atoms with Crippen molar-refractivity contribution in [1.82, 2.24) is 9.88 Å². The van der Waals surface area contributed by atoms with Crippen LogP contribution in [0, 0.1) is 5.92 Å². The number of nitrogens with one attached hydrogen (secondary N) is 2. The second kappa shape index (κ2) is 8.52. The molecule has 1 aliphatic heterocycles. The Kier molecular flexibility index (Phi) is 6.08. The molecule has 3 rings (SSSR count). The van der Waals surface area contributed by atoms with Crippen molar-refractivity contribution in [3.8, 4) is 11.5 Å². The number of likely N-dealkylation sites (tertiary alicyclic amines) is 1. The highest BCUT2D eigenvalue weighted by atomic mass is 16.5. The van der Waals surface area contributed by atoms with Gasteiger partial charge in [-0.15, -0.1) is 0 Å². The predicted molar refractivity (Wildman–Crippen MR) is 106 cm³/mol. The van der Waals surface area contributed by atoms with E-state index in [1.165, 1.54) is 27.8 Å². The molecule has 8 heteroatoms. The topological polar surface area (TPSA) is 92.9 Å². The van der Waals surface area contributed by atoms with Crippen molar-refractivity contribution in [3.05, 3.63) is 17.8 Å². The Morgan fingerprint density at radius 1 is 1.21 bits per heavy atom. The smallest absolute Gasteiger partial charge is 0.356 e. The third-order valence-electron chi connectivity index (χ3n) is 5.07. The number of hydrogen-bond acceptors (Lipinski definition) is 6. The monoisotopic (exact) mass is 389 g/mol. The Morgan fingerprint density at radius 2 is 1.93 bits per heavy atom. The lowest BCUT2D eigenvalue weighted by molar-refractivity contribution is -0.117. The van der Waals surface area contributed by atoms with Crippen LogP contribution >= 0.6 is 0 Å². The second-order valence-corrected chi connectivity index (χ2v) is 7.15. The zero-order chi connectivity index (χ0) is 20.3. The summed E-state index contributed by atoms with van der Waals surface area (Å²) in [5.41, 5.74) is 1.21. The van der Waals surface area contributed by atoms with Gasteiger partial charge < -0.3 is 24.5 Å². The summed E-state index contributed by atoms with van der Waals surface area (Å²) in [7, 11) is 4.37. The van der Waals surface area contributed by atoms with Crippen LogP contribution in [0.5, 0.6) is 11.5 Å². The van der Waals surface area contributed by atoms with Gasteiger partial charge in [0.1, 0.15) is 5.69 Å². The SMILES string of the molecule is COC(=O)c1[nH]c2cc(OC)c(OC)cc2c1NC(=O)CN1CCC[C@H](C)C1. The fourth-order valence-electron chi connectivity index (χ4n) is 3.72. The molecular formula is C20H27N3O5. The summed E-state index contributed by atoms with van der Waals surface area (Å²) in [5, 5.41) is 3.54. The number of rotatable bonds is 6. The number of methoxy groups -OCH3 is 3. The molecule has 1 aromatic carbocycles. The maximum atomic E-state index is 12.7. The largest absolute Gasteiger partial charge is 0.493 e. The molecule has 1 amide bonds. The Labute approximate surface area is 164 Å². The van der Waals surface area contributed by atoms with Gasteiger partial charge in [-0.25, -0.2) is 4.79 Å². The highest BCUT2D eigenvalue weighted by molar-refractivity contribution is 6.11. The van der Waals surface area contributed by atoms with E-state index < -0.39 is 5.97 Å². The van der Waals surface area contributed by atoms with Crippen molar-refractivity contribution >= 4 is 28.5 Å². The van der Waals surface area contributed by atoms with Crippen molar-refractivity contribution in [2.24, 2.45) is 5.92 Å². The molecule has 2 heterocycles. The molecule has 0 bridgehead atoms. The van der Waals surface area contributed by atoms with Crippen LogP contribution in [0.3, 0.4) is 0 Å². The highest BCUT2D eigenvalue weighted by Gasteiger charge is 2.24. The van der Waals surface area contributed by atoms with E-state index in [4.69, 9.17) is 14.2 Å². The molecule has 1 fully saturated rings. The predicted octanol–water partition coefficient (Wildman–Crippen LogP) is 2.64.